The van der Waals surface area contributed by atoms with E-state index < -0.39 is 0 Å². The van der Waals surface area contributed by atoms with Gasteiger partial charge in [-0.25, -0.2) is 0 Å². The SMILES string of the molecule is C/C(CC(=O)c1ccc(Br)cc1)=N\NC(=S)NCCNc1ccnc2cc(Cl)ccc12. The number of thiocarbonyl (C=S) groups is 1. The predicted molar refractivity (Wildman–Crippen MR) is 135 cm³/mol. The number of carbonyl (C=O) groups is 1. The van der Waals surface area contributed by atoms with Crippen LogP contribution in [-0.2, 0) is 0 Å². The third-order valence-electron chi connectivity index (χ3n) is 4.36. The summed E-state index contributed by atoms with van der Waals surface area (Å²) >= 11 is 14.6. The van der Waals surface area contributed by atoms with Crippen molar-refractivity contribution in [3.05, 3.63) is 69.8 Å². The van der Waals surface area contributed by atoms with Crippen molar-refractivity contribution in [1.82, 2.24) is 15.7 Å². The number of hydrogen-bond acceptors (Lipinski definition) is 5. The number of carbonyl (C=O) groups excluding carboxylic acids is 1. The van der Waals surface area contributed by atoms with Crippen molar-refractivity contribution in [3.8, 4) is 0 Å². The maximum absolute atomic E-state index is 12.3. The molecule has 2 aromatic carbocycles. The second-order valence-corrected chi connectivity index (χ2v) is 8.53. The van der Waals surface area contributed by atoms with Crippen LogP contribution in [0.5, 0.6) is 0 Å². The predicted octanol–water partition coefficient (Wildman–Crippen LogP) is 5.18. The Kier molecular flexibility index (Phi) is 8.34. The van der Waals surface area contributed by atoms with Crippen molar-refractivity contribution < 1.29 is 4.79 Å². The number of aromatic nitrogens is 1. The Morgan fingerprint density at radius 2 is 1.94 bits per heavy atom. The Hall–Kier alpha value is -2.55. The molecule has 0 bridgehead atoms. The van der Waals surface area contributed by atoms with Gasteiger partial charge >= 0.3 is 0 Å². The van der Waals surface area contributed by atoms with Crippen molar-refractivity contribution in [1.29, 1.82) is 0 Å². The van der Waals surface area contributed by atoms with Crippen LogP contribution in [0, 0.1) is 0 Å². The fourth-order valence-electron chi connectivity index (χ4n) is 2.84. The smallest absolute Gasteiger partial charge is 0.187 e. The van der Waals surface area contributed by atoms with Gasteiger partial charge in [-0.3, -0.25) is 15.2 Å². The van der Waals surface area contributed by atoms with Gasteiger partial charge in [0.05, 0.1) is 11.9 Å². The molecule has 6 nitrogen and oxygen atoms in total. The number of hydrazone groups is 1. The molecule has 9 heteroatoms. The number of rotatable bonds is 8. The van der Waals surface area contributed by atoms with Gasteiger partial charge in [-0.2, -0.15) is 5.10 Å². The highest BCUT2D eigenvalue weighted by atomic mass is 79.9. The van der Waals surface area contributed by atoms with Crippen LogP contribution >= 0.6 is 39.7 Å². The highest BCUT2D eigenvalue weighted by Crippen LogP contribution is 2.24. The number of Topliss-reactive ketones (excluding diaryl/α,β-unsaturated/α-hetero) is 1. The molecule has 160 valence electrons. The van der Waals surface area contributed by atoms with Crippen molar-refractivity contribution in [2.45, 2.75) is 13.3 Å². The lowest BCUT2D eigenvalue weighted by Gasteiger charge is -2.11. The lowest BCUT2D eigenvalue weighted by atomic mass is 10.1. The van der Waals surface area contributed by atoms with E-state index in [-0.39, 0.29) is 12.2 Å². The van der Waals surface area contributed by atoms with Gasteiger partial charge in [0.1, 0.15) is 0 Å². The number of pyridine rings is 1. The van der Waals surface area contributed by atoms with Gasteiger partial charge < -0.3 is 10.6 Å². The average molecular weight is 519 g/mol. The van der Waals surface area contributed by atoms with Gasteiger partial charge in [-0.15, -0.1) is 0 Å². The van der Waals surface area contributed by atoms with E-state index in [4.69, 9.17) is 23.8 Å². The fourth-order valence-corrected chi connectivity index (χ4v) is 3.42. The maximum atomic E-state index is 12.3. The lowest BCUT2D eigenvalue weighted by molar-refractivity contribution is 0.100. The molecule has 1 heterocycles. The number of fused-ring (bicyclic) bond motifs is 1. The summed E-state index contributed by atoms with van der Waals surface area (Å²) in [6, 6.07) is 14.8. The van der Waals surface area contributed by atoms with Crippen LogP contribution in [0.3, 0.4) is 0 Å². The molecule has 0 unspecified atom stereocenters. The summed E-state index contributed by atoms with van der Waals surface area (Å²) in [7, 11) is 0. The molecule has 0 radical (unpaired) electrons. The summed E-state index contributed by atoms with van der Waals surface area (Å²) in [5.41, 5.74) is 5.89. The Balaban J connectivity index is 1.42. The molecule has 0 aliphatic rings. The van der Waals surface area contributed by atoms with Crippen LogP contribution in [0.25, 0.3) is 10.9 Å². The zero-order valence-corrected chi connectivity index (χ0v) is 19.9. The Bertz CT molecular complexity index is 1120. The van der Waals surface area contributed by atoms with Crippen LogP contribution in [0.2, 0.25) is 5.02 Å². The second kappa shape index (κ2) is 11.2. The molecule has 31 heavy (non-hydrogen) atoms. The van der Waals surface area contributed by atoms with Crippen LogP contribution in [0.1, 0.15) is 23.7 Å². The first-order valence-corrected chi connectivity index (χ1v) is 11.1. The number of ketones is 1. The van der Waals surface area contributed by atoms with Crippen molar-refractivity contribution >= 4 is 72.9 Å². The minimum Gasteiger partial charge on any atom is -0.383 e. The van der Waals surface area contributed by atoms with E-state index in [0.29, 0.717) is 34.5 Å². The van der Waals surface area contributed by atoms with Gasteiger partial charge in [0, 0.05) is 51.1 Å². The largest absolute Gasteiger partial charge is 0.383 e. The molecular weight excluding hydrogens is 498 g/mol. The summed E-state index contributed by atoms with van der Waals surface area (Å²) in [6.07, 6.45) is 1.96. The van der Waals surface area contributed by atoms with Crippen molar-refractivity contribution in [3.63, 3.8) is 0 Å². The highest BCUT2D eigenvalue weighted by molar-refractivity contribution is 9.10. The highest BCUT2D eigenvalue weighted by Gasteiger charge is 2.08. The quantitative estimate of drug-likeness (QED) is 0.125. The molecule has 0 amide bonds. The first-order valence-electron chi connectivity index (χ1n) is 9.56. The summed E-state index contributed by atoms with van der Waals surface area (Å²) < 4.78 is 0.934. The topological polar surface area (TPSA) is 78.4 Å². The monoisotopic (exact) mass is 517 g/mol. The number of anilines is 1. The van der Waals surface area contributed by atoms with Gasteiger partial charge in [-0.05, 0) is 55.5 Å². The lowest BCUT2D eigenvalue weighted by Crippen LogP contribution is -2.35. The molecule has 0 saturated carbocycles. The minimum atomic E-state index is 0.00416. The number of halogens is 2. The zero-order chi connectivity index (χ0) is 22.2. The first-order chi connectivity index (χ1) is 14.9. The summed E-state index contributed by atoms with van der Waals surface area (Å²) in [5.74, 6) is 0.00416. The summed E-state index contributed by atoms with van der Waals surface area (Å²) in [4.78, 5) is 16.6. The maximum Gasteiger partial charge on any atom is 0.187 e. The van der Waals surface area contributed by atoms with Crippen molar-refractivity contribution in [2.24, 2.45) is 5.10 Å². The molecule has 0 atom stereocenters. The van der Waals surface area contributed by atoms with Gasteiger partial charge in [0.2, 0.25) is 0 Å². The van der Waals surface area contributed by atoms with Crippen LogP contribution in [0.4, 0.5) is 5.69 Å². The van der Waals surface area contributed by atoms with E-state index in [1.165, 1.54) is 0 Å². The summed E-state index contributed by atoms with van der Waals surface area (Å²) in [5, 5.41) is 12.7. The van der Waals surface area contributed by atoms with E-state index >= 15 is 0 Å². The van der Waals surface area contributed by atoms with Gasteiger partial charge in [0.25, 0.3) is 0 Å². The molecule has 0 spiro atoms. The first kappa shape index (κ1) is 23.1. The molecule has 1 aromatic heterocycles. The van der Waals surface area contributed by atoms with Gasteiger partial charge in [0.15, 0.2) is 10.9 Å². The van der Waals surface area contributed by atoms with E-state index in [2.05, 4.69) is 42.1 Å². The molecular formula is C22H21BrClN5OS. The molecule has 3 aromatic rings. The molecule has 0 aliphatic carbocycles. The van der Waals surface area contributed by atoms with E-state index in [0.717, 1.165) is 21.1 Å². The number of benzene rings is 2. The number of hydrogen-bond donors (Lipinski definition) is 3. The third kappa shape index (κ3) is 6.99. The molecule has 3 N–H and O–H groups in total. The molecule has 0 fully saturated rings. The molecule has 0 aliphatic heterocycles. The normalized spacial score (nSPS) is 11.3. The minimum absolute atomic E-state index is 0.00416. The van der Waals surface area contributed by atoms with Crippen LogP contribution in [0.15, 0.2) is 64.3 Å². The number of nitrogens with zero attached hydrogens (tertiary/aromatic N) is 2. The second-order valence-electron chi connectivity index (χ2n) is 6.77. The van der Waals surface area contributed by atoms with E-state index in [1.54, 1.807) is 25.3 Å². The van der Waals surface area contributed by atoms with Crippen LogP contribution in [-0.4, -0.2) is 34.7 Å². The zero-order valence-electron chi connectivity index (χ0n) is 16.8. The third-order valence-corrected chi connectivity index (χ3v) is 5.36. The van der Waals surface area contributed by atoms with Crippen LogP contribution < -0.4 is 16.1 Å². The Labute approximate surface area is 199 Å². The Morgan fingerprint density at radius 3 is 2.71 bits per heavy atom. The number of nitrogens with one attached hydrogen (secondary N) is 3. The molecule has 3 rings (SSSR count). The fraction of sp³-hybridized carbons (Fsp3) is 0.182. The van der Waals surface area contributed by atoms with Gasteiger partial charge in [-0.1, -0.05) is 39.7 Å². The van der Waals surface area contributed by atoms with E-state index in [1.807, 2.05) is 36.4 Å². The van der Waals surface area contributed by atoms with E-state index in [9.17, 15) is 4.79 Å². The summed E-state index contributed by atoms with van der Waals surface area (Å²) in [6.45, 7) is 3.03. The molecule has 0 saturated heterocycles. The average Bonchev–Trinajstić information content (AvgIpc) is 2.75. The Morgan fingerprint density at radius 1 is 1.16 bits per heavy atom. The van der Waals surface area contributed by atoms with Crippen molar-refractivity contribution in [2.75, 3.05) is 18.4 Å². The standard InChI is InChI=1S/C22H21BrClN5OS/c1-14(12-21(30)15-2-4-16(23)5-3-15)28-29-22(31)27-11-10-26-19-8-9-25-20-13-17(24)6-7-18(19)20/h2-9,13H,10-12H2,1H3,(H,25,26)(H2,27,29,31)/b28-14+.